The first-order valence-electron chi connectivity index (χ1n) is 10.2. The fraction of sp³-hybridized carbons (Fsp3) is 0.727. The van der Waals surface area contributed by atoms with Crippen LogP contribution in [0.4, 0.5) is 0 Å². The molecule has 0 spiro atoms. The first-order chi connectivity index (χ1) is 12.6. The molecule has 0 N–H and O–H groups in total. The van der Waals surface area contributed by atoms with Crippen molar-refractivity contribution >= 4 is 20.3 Å². The summed E-state index contributed by atoms with van der Waals surface area (Å²) in [6.45, 7) is 16.8. The summed E-state index contributed by atoms with van der Waals surface area (Å²) in [4.78, 5) is 1.31. The van der Waals surface area contributed by atoms with Crippen molar-refractivity contribution in [1.82, 2.24) is 0 Å². The van der Waals surface area contributed by atoms with Crippen molar-refractivity contribution in [2.24, 2.45) is 5.92 Å². The molecule has 0 radical (unpaired) electrons. The van der Waals surface area contributed by atoms with Crippen LogP contribution in [0.5, 0.6) is 0 Å². The van der Waals surface area contributed by atoms with Crippen LogP contribution in [0.3, 0.4) is 0 Å². The summed E-state index contributed by atoms with van der Waals surface area (Å²) >= 11 is 1.89. The average Bonchev–Trinajstić information content (AvgIpc) is 3.38. The summed E-state index contributed by atoms with van der Waals surface area (Å²) in [5, 5.41) is 0.0766. The van der Waals surface area contributed by atoms with Gasteiger partial charge in [-0.3, -0.25) is 0 Å². The smallest absolute Gasteiger partial charge is 0.349 e. The minimum Gasteiger partial charge on any atom is -0.394 e. The summed E-state index contributed by atoms with van der Waals surface area (Å²) in [7, 11) is -2.38. The zero-order chi connectivity index (χ0) is 19.9. The maximum atomic E-state index is 6.91. The van der Waals surface area contributed by atoms with Crippen LogP contribution in [0.25, 0.3) is 0 Å². The van der Waals surface area contributed by atoms with Crippen LogP contribution in [0.1, 0.15) is 54.9 Å². The predicted molar refractivity (Wildman–Crippen MR) is 116 cm³/mol. The van der Waals surface area contributed by atoms with Crippen molar-refractivity contribution < 1.29 is 13.6 Å². The van der Waals surface area contributed by atoms with E-state index < -0.39 is 8.56 Å². The van der Waals surface area contributed by atoms with E-state index in [-0.39, 0.29) is 16.2 Å². The Balaban J connectivity index is 1.61. The lowest BCUT2D eigenvalue weighted by molar-refractivity contribution is -0.0106. The van der Waals surface area contributed by atoms with Gasteiger partial charge in [0.1, 0.15) is 0 Å². The normalized spacial score (nSPS) is 29.4. The fourth-order valence-corrected chi connectivity index (χ4v) is 10.6. The van der Waals surface area contributed by atoms with Crippen molar-refractivity contribution in [2.45, 2.75) is 88.2 Å². The molecule has 2 saturated heterocycles. The fourth-order valence-electron chi connectivity index (χ4n) is 4.57. The van der Waals surface area contributed by atoms with Gasteiger partial charge in [-0.25, -0.2) is 0 Å². The van der Waals surface area contributed by atoms with E-state index in [1.165, 1.54) is 4.90 Å². The molecule has 0 saturated carbocycles. The summed E-state index contributed by atoms with van der Waals surface area (Å²) in [5.74, 6) is 1.43. The van der Waals surface area contributed by atoms with Crippen LogP contribution < -0.4 is 0 Å². The number of hydrogen-bond donors (Lipinski definition) is 0. The molecular weight excluding hydrogens is 372 g/mol. The number of benzene rings is 1. The van der Waals surface area contributed by atoms with E-state index in [4.69, 9.17) is 13.6 Å². The molecule has 5 heteroatoms. The summed E-state index contributed by atoms with van der Waals surface area (Å²) < 4.78 is 19.5. The van der Waals surface area contributed by atoms with E-state index in [1.807, 2.05) is 11.8 Å². The van der Waals surface area contributed by atoms with Crippen molar-refractivity contribution in [1.29, 1.82) is 0 Å². The second-order valence-corrected chi connectivity index (χ2v) is 15.9. The van der Waals surface area contributed by atoms with Gasteiger partial charge in [0.05, 0.1) is 18.3 Å². The van der Waals surface area contributed by atoms with Gasteiger partial charge in [0.25, 0.3) is 0 Å². The summed E-state index contributed by atoms with van der Waals surface area (Å²) in [6, 6.07) is 10.6. The van der Waals surface area contributed by atoms with Crippen LogP contribution >= 0.6 is 11.8 Å². The van der Waals surface area contributed by atoms with Crippen molar-refractivity contribution in [3.05, 3.63) is 30.3 Å². The van der Waals surface area contributed by atoms with Gasteiger partial charge in [-0.2, -0.15) is 0 Å². The van der Waals surface area contributed by atoms with Crippen molar-refractivity contribution in [2.75, 3.05) is 12.4 Å². The molecule has 0 aliphatic carbocycles. The van der Waals surface area contributed by atoms with Gasteiger partial charge in [-0.15, -0.1) is 11.8 Å². The molecule has 0 aromatic heterocycles. The first-order valence-corrected chi connectivity index (χ1v) is 13.0. The van der Waals surface area contributed by atoms with Crippen molar-refractivity contribution in [3.8, 4) is 0 Å². The SMILES string of the molecule is C[C@@H]([C@@H]1O[C@H]1CSc1ccccc1)[C@@H]1CCO[Si](C(C)(C)C)(C(C)(C)C)O1. The van der Waals surface area contributed by atoms with Gasteiger partial charge in [-0.1, -0.05) is 66.7 Å². The lowest BCUT2D eigenvalue weighted by atomic mass is 9.97. The maximum Gasteiger partial charge on any atom is 0.349 e. The van der Waals surface area contributed by atoms with Crippen LogP contribution in [0.2, 0.25) is 10.1 Å². The molecule has 2 fully saturated rings. The molecule has 0 unspecified atom stereocenters. The highest BCUT2D eigenvalue weighted by Gasteiger charge is 2.61. The summed E-state index contributed by atoms with van der Waals surface area (Å²) in [5.41, 5.74) is 0. The first kappa shape index (κ1) is 21.4. The zero-order valence-electron chi connectivity index (χ0n) is 18.0. The number of rotatable bonds is 5. The standard InChI is InChI=1S/C22H36O3SSi/c1-16(20-19(24-20)15-26-17-11-9-8-10-12-17)18-13-14-23-27(25-18,21(2,3)4)22(5,6)7/h8-12,16,18-20H,13-15H2,1-7H3/t16-,18+,19+,20+/m1/s1. The zero-order valence-corrected chi connectivity index (χ0v) is 19.8. The maximum absolute atomic E-state index is 6.91. The minimum absolute atomic E-state index is 0.0383. The van der Waals surface area contributed by atoms with Crippen LogP contribution in [-0.2, 0) is 13.6 Å². The third kappa shape index (κ3) is 4.48. The molecule has 3 rings (SSSR count). The molecular formula is C22H36O3SSi. The lowest BCUT2D eigenvalue weighted by Gasteiger charge is -2.53. The third-order valence-corrected chi connectivity index (χ3v) is 12.2. The van der Waals surface area contributed by atoms with Gasteiger partial charge in [-0.05, 0) is 18.6 Å². The Morgan fingerprint density at radius 2 is 1.70 bits per heavy atom. The Morgan fingerprint density at radius 1 is 1.07 bits per heavy atom. The Kier molecular flexibility index (Phi) is 6.20. The lowest BCUT2D eigenvalue weighted by Crippen LogP contribution is -2.62. The molecule has 2 heterocycles. The molecule has 0 amide bonds. The van der Waals surface area contributed by atoms with Crippen LogP contribution in [-0.4, -0.2) is 39.2 Å². The predicted octanol–water partition coefficient (Wildman–Crippen LogP) is 6.03. The van der Waals surface area contributed by atoms with E-state index >= 15 is 0 Å². The van der Waals surface area contributed by atoms with Gasteiger partial charge < -0.3 is 13.6 Å². The van der Waals surface area contributed by atoms with Crippen LogP contribution in [0.15, 0.2) is 35.2 Å². The van der Waals surface area contributed by atoms with E-state index in [1.54, 1.807) is 0 Å². The molecule has 3 nitrogen and oxygen atoms in total. The third-order valence-electron chi connectivity index (χ3n) is 5.88. The summed E-state index contributed by atoms with van der Waals surface area (Å²) in [6.07, 6.45) is 1.87. The van der Waals surface area contributed by atoms with Crippen LogP contribution in [0, 0.1) is 5.92 Å². The molecule has 2 aliphatic heterocycles. The molecule has 1 aromatic carbocycles. The monoisotopic (exact) mass is 408 g/mol. The highest BCUT2D eigenvalue weighted by atomic mass is 32.2. The quantitative estimate of drug-likeness (QED) is 0.338. The largest absolute Gasteiger partial charge is 0.394 e. The molecule has 0 bridgehead atoms. The number of ether oxygens (including phenoxy) is 1. The van der Waals surface area contributed by atoms with E-state index in [0.29, 0.717) is 18.1 Å². The Morgan fingerprint density at radius 3 is 2.30 bits per heavy atom. The van der Waals surface area contributed by atoms with E-state index in [0.717, 1.165) is 18.8 Å². The number of epoxide rings is 1. The molecule has 4 atom stereocenters. The minimum atomic E-state index is -2.38. The second kappa shape index (κ2) is 7.83. The van der Waals surface area contributed by atoms with Gasteiger partial charge in [0, 0.05) is 33.2 Å². The Labute approximate surface area is 170 Å². The van der Waals surface area contributed by atoms with Gasteiger partial charge in [0.15, 0.2) is 0 Å². The highest BCUT2D eigenvalue weighted by molar-refractivity contribution is 7.99. The Hall–Kier alpha value is -0.333. The average molecular weight is 409 g/mol. The molecule has 152 valence electrons. The molecule has 1 aromatic rings. The van der Waals surface area contributed by atoms with E-state index in [2.05, 4.69) is 78.8 Å². The number of hydrogen-bond acceptors (Lipinski definition) is 4. The Bertz CT molecular complexity index is 609. The molecule has 2 aliphatic rings. The van der Waals surface area contributed by atoms with E-state index in [9.17, 15) is 0 Å². The van der Waals surface area contributed by atoms with Crippen molar-refractivity contribution in [3.63, 3.8) is 0 Å². The second-order valence-electron chi connectivity index (χ2n) is 10.0. The van der Waals surface area contributed by atoms with Gasteiger partial charge in [0.2, 0.25) is 0 Å². The highest BCUT2D eigenvalue weighted by Crippen LogP contribution is 2.55. The molecule has 27 heavy (non-hydrogen) atoms. The van der Waals surface area contributed by atoms with Gasteiger partial charge >= 0.3 is 8.56 Å². The number of thioether (sulfide) groups is 1. The topological polar surface area (TPSA) is 31.0 Å².